The van der Waals surface area contributed by atoms with Crippen molar-refractivity contribution >= 4 is 41.5 Å². The second kappa shape index (κ2) is 4.99. The minimum atomic E-state index is -1.28. The minimum absolute atomic E-state index is 0. The average molecular weight is 206 g/mol. The third-order valence-corrected chi connectivity index (χ3v) is 1.41. The first-order valence-electron chi connectivity index (χ1n) is 3.31. The summed E-state index contributed by atoms with van der Waals surface area (Å²) in [4.78, 5) is 20.8. The van der Waals surface area contributed by atoms with Crippen molar-refractivity contribution < 1.29 is 24.9 Å². The molecule has 14 heavy (non-hydrogen) atoms. The van der Waals surface area contributed by atoms with Crippen LogP contribution in [0.25, 0.3) is 0 Å². The van der Waals surface area contributed by atoms with Gasteiger partial charge in [0, 0.05) is 0 Å². The van der Waals surface area contributed by atoms with E-state index in [1.807, 2.05) is 0 Å². The first-order valence-corrected chi connectivity index (χ1v) is 3.31. The van der Waals surface area contributed by atoms with E-state index in [9.17, 15) is 9.59 Å². The molecule has 1 aromatic rings. The molecular formula is C8H7NaO5. The van der Waals surface area contributed by atoms with E-state index in [0.29, 0.717) is 0 Å². The molecule has 0 atom stereocenters. The Balaban J connectivity index is 0.00000169. The van der Waals surface area contributed by atoms with Crippen molar-refractivity contribution in [3.63, 3.8) is 0 Å². The molecule has 0 aliphatic heterocycles. The van der Waals surface area contributed by atoms with Crippen LogP contribution < -0.4 is 0 Å². The first-order chi connectivity index (χ1) is 6.00. The monoisotopic (exact) mass is 206 g/mol. The van der Waals surface area contributed by atoms with Crippen molar-refractivity contribution in [2.75, 3.05) is 0 Å². The van der Waals surface area contributed by atoms with Crippen LogP contribution in [-0.4, -0.2) is 56.8 Å². The summed E-state index contributed by atoms with van der Waals surface area (Å²) in [5.74, 6) is -2.94. The molecule has 6 heteroatoms. The molecule has 3 N–H and O–H groups in total. The number of phenols is 1. The van der Waals surface area contributed by atoms with Crippen molar-refractivity contribution in [2.24, 2.45) is 0 Å². The van der Waals surface area contributed by atoms with E-state index < -0.39 is 11.9 Å². The molecule has 0 aliphatic carbocycles. The SMILES string of the molecule is O=C(O)c1cc(O)cc(C(=O)O)c1.[NaH]. The van der Waals surface area contributed by atoms with Gasteiger partial charge < -0.3 is 15.3 Å². The van der Waals surface area contributed by atoms with Gasteiger partial charge in [-0.05, 0) is 18.2 Å². The first kappa shape index (κ1) is 13.0. The van der Waals surface area contributed by atoms with E-state index in [2.05, 4.69) is 0 Å². The number of hydrogen-bond donors (Lipinski definition) is 3. The van der Waals surface area contributed by atoms with E-state index >= 15 is 0 Å². The topological polar surface area (TPSA) is 94.8 Å². The fourth-order valence-electron chi connectivity index (χ4n) is 0.858. The van der Waals surface area contributed by atoms with Gasteiger partial charge in [-0.15, -0.1) is 0 Å². The summed E-state index contributed by atoms with van der Waals surface area (Å²) in [5.41, 5.74) is -0.505. The van der Waals surface area contributed by atoms with E-state index in [1.54, 1.807) is 0 Å². The number of hydrogen-bond acceptors (Lipinski definition) is 3. The molecule has 70 valence electrons. The molecule has 0 spiro atoms. The molecule has 0 fully saturated rings. The number of carboxylic acid groups (broad SMARTS) is 2. The Morgan fingerprint density at radius 1 is 0.929 bits per heavy atom. The number of phenolic OH excluding ortho intramolecular Hbond substituents is 1. The Labute approximate surface area is 101 Å². The zero-order chi connectivity index (χ0) is 10.0. The second-order valence-corrected chi connectivity index (χ2v) is 2.38. The van der Waals surface area contributed by atoms with Gasteiger partial charge in [0.05, 0.1) is 11.1 Å². The number of aromatic carboxylic acids is 2. The van der Waals surface area contributed by atoms with Gasteiger partial charge in [-0.25, -0.2) is 9.59 Å². The summed E-state index contributed by atoms with van der Waals surface area (Å²) < 4.78 is 0. The summed E-state index contributed by atoms with van der Waals surface area (Å²) >= 11 is 0. The molecule has 0 saturated heterocycles. The molecule has 0 amide bonds. The van der Waals surface area contributed by atoms with E-state index in [0.717, 1.165) is 18.2 Å². The van der Waals surface area contributed by atoms with Crippen LogP contribution in [-0.2, 0) is 0 Å². The van der Waals surface area contributed by atoms with Crippen LogP contribution in [0.3, 0.4) is 0 Å². The summed E-state index contributed by atoms with van der Waals surface area (Å²) in [6.07, 6.45) is 0. The Morgan fingerprint density at radius 2 is 1.29 bits per heavy atom. The Bertz CT molecular complexity index is 342. The van der Waals surface area contributed by atoms with Crippen LogP contribution in [0.15, 0.2) is 18.2 Å². The standard InChI is InChI=1S/C8H6O5.Na.H/c9-6-2-4(7(10)11)1-5(3-6)8(12)13;;/h1-3,9H,(H,10,11)(H,12,13);;. The fraction of sp³-hybridized carbons (Fsp3) is 0. The molecule has 1 rings (SSSR count). The molecule has 0 aromatic heterocycles. The van der Waals surface area contributed by atoms with E-state index in [-0.39, 0.29) is 46.4 Å². The van der Waals surface area contributed by atoms with Crippen LogP contribution >= 0.6 is 0 Å². The van der Waals surface area contributed by atoms with Crippen molar-refractivity contribution in [2.45, 2.75) is 0 Å². The Hall–Kier alpha value is -1.04. The zero-order valence-electron chi connectivity index (χ0n) is 6.39. The van der Waals surface area contributed by atoms with Gasteiger partial charge >= 0.3 is 41.5 Å². The third kappa shape index (κ3) is 3.02. The van der Waals surface area contributed by atoms with Crippen molar-refractivity contribution in [1.29, 1.82) is 0 Å². The second-order valence-electron chi connectivity index (χ2n) is 2.38. The van der Waals surface area contributed by atoms with E-state index in [4.69, 9.17) is 15.3 Å². The molecule has 0 bridgehead atoms. The van der Waals surface area contributed by atoms with Crippen molar-refractivity contribution in [3.05, 3.63) is 29.3 Å². The summed E-state index contributed by atoms with van der Waals surface area (Å²) in [7, 11) is 0. The van der Waals surface area contributed by atoms with Crippen molar-refractivity contribution in [1.82, 2.24) is 0 Å². The summed E-state index contributed by atoms with van der Waals surface area (Å²) in [6.45, 7) is 0. The number of carboxylic acids is 2. The normalized spacial score (nSPS) is 8.86. The predicted molar refractivity (Wildman–Crippen MR) is 49.2 cm³/mol. The predicted octanol–water partition coefficient (Wildman–Crippen LogP) is 0.140. The van der Waals surface area contributed by atoms with E-state index in [1.165, 1.54) is 0 Å². The van der Waals surface area contributed by atoms with Gasteiger partial charge in [-0.2, -0.15) is 0 Å². The maximum absolute atomic E-state index is 10.4. The Kier molecular flexibility index (Phi) is 4.62. The average Bonchev–Trinajstić information content (AvgIpc) is 2.03. The molecule has 1 aromatic carbocycles. The van der Waals surface area contributed by atoms with Crippen LogP contribution in [0, 0.1) is 0 Å². The van der Waals surface area contributed by atoms with Gasteiger partial charge in [0.25, 0.3) is 0 Å². The van der Waals surface area contributed by atoms with Crippen LogP contribution in [0.2, 0.25) is 0 Å². The summed E-state index contributed by atoms with van der Waals surface area (Å²) in [6, 6.07) is 2.94. The quantitative estimate of drug-likeness (QED) is 0.598. The molecule has 0 unspecified atom stereocenters. The van der Waals surface area contributed by atoms with Gasteiger partial charge in [-0.3, -0.25) is 0 Å². The number of aromatic hydroxyl groups is 1. The Morgan fingerprint density at radius 3 is 1.57 bits per heavy atom. The molecule has 5 nitrogen and oxygen atoms in total. The van der Waals surface area contributed by atoms with Gasteiger partial charge in [0.1, 0.15) is 5.75 Å². The zero-order valence-corrected chi connectivity index (χ0v) is 6.39. The third-order valence-electron chi connectivity index (χ3n) is 1.41. The van der Waals surface area contributed by atoms with Crippen LogP contribution in [0.5, 0.6) is 5.75 Å². The molecule has 0 heterocycles. The number of rotatable bonds is 2. The van der Waals surface area contributed by atoms with Crippen LogP contribution in [0.1, 0.15) is 20.7 Å². The van der Waals surface area contributed by atoms with Gasteiger partial charge in [-0.1, -0.05) is 0 Å². The number of benzene rings is 1. The molecule has 0 aliphatic rings. The molecular weight excluding hydrogens is 199 g/mol. The summed E-state index contributed by atoms with van der Waals surface area (Å²) in [5, 5.41) is 26.0. The maximum atomic E-state index is 10.4. The van der Waals surface area contributed by atoms with Crippen molar-refractivity contribution in [3.8, 4) is 5.75 Å². The molecule has 0 radical (unpaired) electrons. The van der Waals surface area contributed by atoms with Gasteiger partial charge in [0.15, 0.2) is 0 Å². The van der Waals surface area contributed by atoms with Gasteiger partial charge in [0.2, 0.25) is 0 Å². The number of carbonyl (C=O) groups is 2. The molecule has 0 saturated carbocycles. The van der Waals surface area contributed by atoms with Crippen LogP contribution in [0.4, 0.5) is 0 Å². The fourth-order valence-corrected chi connectivity index (χ4v) is 0.858.